The van der Waals surface area contributed by atoms with Crippen LogP contribution in [-0.2, 0) is 16.0 Å². The summed E-state index contributed by atoms with van der Waals surface area (Å²) in [5, 5.41) is 0. The first kappa shape index (κ1) is 28.7. The summed E-state index contributed by atoms with van der Waals surface area (Å²) in [7, 11) is 0. The van der Waals surface area contributed by atoms with Gasteiger partial charge in [-0.15, -0.1) is 0 Å². The van der Waals surface area contributed by atoms with Crippen LogP contribution in [0.2, 0.25) is 0 Å². The van der Waals surface area contributed by atoms with Crippen molar-refractivity contribution in [2.45, 2.75) is 142 Å². The molecule has 0 aliphatic carbocycles. The van der Waals surface area contributed by atoms with Gasteiger partial charge >= 0.3 is 5.97 Å². The Morgan fingerprint density at radius 3 is 1.84 bits per heavy atom. The molecule has 0 heterocycles. The second-order valence-electron chi connectivity index (χ2n) is 10.00. The van der Waals surface area contributed by atoms with Crippen molar-refractivity contribution in [2.75, 3.05) is 0 Å². The van der Waals surface area contributed by atoms with E-state index in [1.54, 1.807) is 0 Å². The molecule has 32 heavy (non-hydrogen) atoms. The standard InChI is InChI=1S/C30H52O2/c1-4-5-6-7-8-9-10-14-20-25-29(27(2)3)32-30(31)26-21-15-12-11-13-17-22-28-23-18-16-19-24-28/h16,18-19,23-24,27,29H,4-15,17,20-22,25-26H2,1-3H3/t29-/m1/s1. The molecule has 0 aromatic heterocycles. The Labute approximate surface area is 199 Å². The Kier molecular flexibility index (Phi) is 18.2. The molecule has 0 radical (unpaired) electrons. The summed E-state index contributed by atoms with van der Waals surface area (Å²) in [6.45, 7) is 6.63. The Bertz CT molecular complexity index is 537. The number of hydrogen-bond acceptors (Lipinski definition) is 2. The summed E-state index contributed by atoms with van der Waals surface area (Å²) in [6, 6.07) is 10.7. The first-order chi connectivity index (χ1) is 15.6. The molecular weight excluding hydrogens is 392 g/mol. The third kappa shape index (κ3) is 16.3. The fraction of sp³-hybridized carbons (Fsp3) is 0.767. The fourth-order valence-electron chi connectivity index (χ4n) is 4.36. The van der Waals surface area contributed by atoms with Crippen molar-refractivity contribution in [1.29, 1.82) is 0 Å². The molecule has 1 rings (SSSR count). The number of hydrogen-bond donors (Lipinski definition) is 0. The van der Waals surface area contributed by atoms with Crippen LogP contribution in [0.3, 0.4) is 0 Å². The summed E-state index contributed by atoms with van der Waals surface area (Å²) in [5.41, 5.74) is 1.44. The molecule has 0 unspecified atom stereocenters. The normalized spacial score (nSPS) is 12.2. The zero-order chi connectivity index (χ0) is 23.3. The second-order valence-corrected chi connectivity index (χ2v) is 10.00. The molecule has 0 bridgehead atoms. The maximum atomic E-state index is 12.3. The van der Waals surface area contributed by atoms with Crippen LogP contribution in [-0.4, -0.2) is 12.1 Å². The lowest BCUT2D eigenvalue weighted by molar-refractivity contribution is -0.151. The Hall–Kier alpha value is -1.31. The number of carbonyl (C=O) groups excluding carboxylic acids is 1. The lowest BCUT2D eigenvalue weighted by atomic mass is 9.99. The highest BCUT2D eigenvalue weighted by molar-refractivity contribution is 5.69. The summed E-state index contributed by atoms with van der Waals surface area (Å²) < 4.78 is 5.84. The quantitative estimate of drug-likeness (QED) is 0.139. The molecule has 1 atom stereocenters. The van der Waals surface area contributed by atoms with E-state index in [4.69, 9.17) is 4.74 Å². The SMILES string of the molecule is CCCCCCCCCCC[C@@H](OC(=O)CCCCCCCCc1ccccc1)C(C)C. The maximum absolute atomic E-state index is 12.3. The van der Waals surface area contributed by atoms with Gasteiger partial charge in [0.1, 0.15) is 6.10 Å². The van der Waals surface area contributed by atoms with Gasteiger partial charge in [0.15, 0.2) is 0 Å². The number of aryl methyl sites for hydroxylation is 1. The van der Waals surface area contributed by atoms with Gasteiger partial charge in [-0.25, -0.2) is 0 Å². The van der Waals surface area contributed by atoms with Crippen LogP contribution < -0.4 is 0 Å². The lowest BCUT2D eigenvalue weighted by Crippen LogP contribution is -2.23. The van der Waals surface area contributed by atoms with E-state index < -0.39 is 0 Å². The molecule has 2 heteroatoms. The van der Waals surface area contributed by atoms with Gasteiger partial charge in [0.05, 0.1) is 0 Å². The average molecular weight is 445 g/mol. The van der Waals surface area contributed by atoms with Gasteiger partial charge < -0.3 is 4.74 Å². The van der Waals surface area contributed by atoms with Gasteiger partial charge in [-0.05, 0) is 43.6 Å². The molecule has 184 valence electrons. The van der Waals surface area contributed by atoms with Crippen LogP contribution in [0.15, 0.2) is 30.3 Å². The molecule has 0 saturated heterocycles. The van der Waals surface area contributed by atoms with Crippen LogP contribution in [0.4, 0.5) is 0 Å². The molecular formula is C30H52O2. The number of unbranched alkanes of at least 4 members (excludes halogenated alkanes) is 13. The molecule has 0 aliphatic rings. The minimum absolute atomic E-state index is 0.0173. The van der Waals surface area contributed by atoms with Crippen LogP contribution >= 0.6 is 0 Å². The van der Waals surface area contributed by atoms with Gasteiger partial charge in [-0.1, -0.05) is 128 Å². The number of benzene rings is 1. The van der Waals surface area contributed by atoms with Crippen molar-refractivity contribution < 1.29 is 9.53 Å². The summed E-state index contributed by atoms with van der Waals surface area (Å²) >= 11 is 0. The van der Waals surface area contributed by atoms with Gasteiger partial charge in [0.2, 0.25) is 0 Å². The van der Waals surface area contributed by atoms with Gasteiger partial charge in [-0.2, -0.15) is 0 Å². The third-order valence-corrected chi connectivity index (χ3v) is 6.56. The highest BCUT2D eigenvalue weighted by Gasteiger charge is 2.17. The Morgan fingerprint density at radius 2 is 1.25 bits per heavy atom. The van der Waals surface area contributed by atoms with E-state index in [9.17, 15) is 4.79 Å². The molecule has 1 aromatic rings. The van der Waals surface area contributed by atoms with Gasteiger partial charge in [0, 0.05) is 6.42 Å². The van der Waals surface area contributed by atoms with Crippen molar-refractivity contribution >= 4 is 5.97 Å². The summed E-state index contributed by atoms with van der Waals surface area (Å²) in [5.74, 6) is 0.432. The molecule has 0 fully saturated rings. The van der Waals surface area contributed by atoms with Crippen molar-refractivity contribution in [2.24, 2.45) is 5.92 Å². The van der Waals surface area contributed by atoms with Crippen LogP contribution in [0, 0.1) is 5.92 Å². The summed E-state index contributed by atoms with van der Waals surface area (Å²) in [4.78, 5) is 12.3. The van der Waals surface area contributed by atoms with Crippen LogP contribution in [0.1, 0.15) is 135 Å². The second kappa shape index (κ2) is 20.3. The first-order valence-electron chi connectivity index (χ1n) is 13.9. The number of ether oxygens (including phenoxy) is 1. The van der Waals surface area contributed by atoms with E-state index in [0.717, 1.165) is 19.3 Å². The Balaban J connectivity index is 1.98. The van der Waals surface area contributed by atoms with E-state index in [1.165, 1.54) is 95.5 Å². The monoisotopic (exact) mass is 444 g/mol. The van der Waals surface area contributed by atoms with Gasteiger partial charge in [0.25, 0.3) is 0 Å². The zero-order valence-corrected chi connectivity index (χ0v) is 21.6. The summed E-state index contributed by atoms with van der Waals surface area (Å²) in [6.07, 6.45) is 22.1. The molecule has 1 aromatic carbocycles. The number of carbonyl (C=O) groups is 1. The van der Waals surface area contributed by atoms with Crippen molar-refractivity contribution in [1.82, 2.24) is 0 Å². The van der Waals surface area contributed by atoms with Crippen molar-refractivity contribution in [3.8, 4) is 0 Å². The molecule has 2 nitrogen and oxygen atoms in total. The highest BCUT2D eigenvalue weighted by Crippen LogP contribution is 2.18. The minimum atomic E-state index is 0.0173. The zero-order valence-electron chi connectivity index (χ0n) is 21.6. The largest absolute Gasteiger partial charge is 0.462 e. The number of rotatable bonds is 21. The fourth-order valence-corrected chi connectivity index (χ4v) is 4.36. The van der Waals surface area contributed by atoms with E-state index in [-0.39, 0.29) is 12.1 Å². The van der Waals surface area contributed by atoms with Crippen LogP contribution in [0.25, 0.3) is 0 Å². The smallest absolute Gasteiger partial charge is 0.306 e. The van der Waals surface area contributed by atoms with Crippen molar-refractivity contribution in [3.63, 3.8) is 0 Å². The molecule has 0 saturated carbocycles. The average Bonchev–Trinajstić information content (AvgIpc) is 2.79. The van der Waals surface area contributed by atoms with Crippen LogP contribution in [0.5, 0.6) is 0 Å². The molecule has 0 spiro atoms. The third-order valence-electron chi connectivity index (χ3n) is 6.56. The minimum Gasteiger partial charge on any atom is -0.462 e. The maximum Gasteiger partial charge on any atom is 0.306 e. The van der Waals surface area contributed by atoms with Gasteiger partial charge in [-0.3, -0.25) is 4.79 Å². The van der Waals surface area contributed by atoms with E-state index >= 15 is 0 Å². The number of esters is 1. The lowest BCUT2D eigenvalue weighted by Gasteiger charge is -2.21. The molecule has 0 N–H and O–H groups in total. The first-order valence-corrected chi connectivity index (χ1v) is 13.9. The highest BCUT2D eigenvalue weighted by atomic mass is 16.5. The topological polar surface area (TPSA) is 26.3 Å². The molecule has 0 amide bonds. The van der Waals surface area contributed by atoms with Crippen molar-refractivity contribution in [3.05, 3.63) is 35.9 Å². The predicted octanol–water partition coefficient (Wildman–Crippen LogP) is 9.45. The van der Waals surface area contributed by atoms with E-state index in [1.807, 2.05) is 0 Å². The Morgan fingerprint density at radius 1 is 0.719 bits per heavy atom. The molecule has 0 aliphatic heterocycles. The van der Waals surface area contributed by atoms with E-state index in [0.29, 0.717) is 12.3 Å². The van der Waals surface area contributed by atoms with E-state index in [2.05, 4.69) is 51.1 Å². The predicted molar refractivity (Wildman–Crippen MR) is 139 cm³/mol.